The van der Waals surface area contributed by atoms with Gasteiger partial charge >= 0.3 is 0 Å². The van der Waals surface area contributed by atoms with Crippen LogP contribution in [0.5, 0.6) is 0 Å². The maximum absolute atomic E-state index is 12.7. The number of aromatic nitrogens is 1. The van der Waals surface area contributed by atoms with E-state index in [1.807, 2.05) is 30.5 Å². The summed E-state index contributed by atoms with van der Waals surface area (Å²) in [6.45, 7) is 4.59. The number of amides is 2. The standard InChI is InChI=1S/C20H26N4O2S/c1-15-22-17(14-27-15)13-23(2)19(25)12-18-20(26)21-9-11-24(18)10-8-16-6-4-3-5-7-16/h3-7,14,18H,8-13H2,1-2H3,(H,21,26). The van der Waals surface area contributed by atoms with Gasteiger partial charge in [-0.25, -0.2) is 4.98 Å². The summed E-state index contributed by atoms with van der Waals surface area (Å²) < 4.78 is 0. The van der Waals surface area contributed by atoms with Crippen LogP contribution < -0.4 is 5.32 Å². The van der Waals surface area contributed by atoms with Crippen molar-refractivity contribution >= 4 is 23.2 Å². The van der Waals surface area contributed by atoms with Gasteiger partial charge < -0.3 is 10.2 Å². The van der Waals surface area contributed by atoms with E-state index in [1.165, 1.54) is 5.56 Å². The second kappa shape index (κ2) is 9.10. The predicted molar refractivity (Wildman–Crippen MR) is 106 cm³/mol. The molecule has 7 heteroatoms. The molecular formula is C20H26N4O2S. The highest BCUT2D eigenvalue weighted by molar-refractivity contribution is 7.09. The van der Waals surface area contributed by atoms with Crippen molar-refractivity contribution in [2.45, 2.75) is 32.4 Å². The summed E-state index contributed by atoms with van der Waals surface area (Å²) in [4.78, 5) is 33.3. The summed E-state index contributed by atoms with van der Waals surface area (Å²) in [6, 6.07) is 9.82. The Morgan fingerprint density at radius 2 is 2.15 bits per heavy atom. The molecule has 1 aliphatic heterocycles. The third-order valence-electron chi connectivity index (χ3n) is 4.83. The van der Waals surface area contributed by atoms with E-state index in [0.717, 1.165) is 30.2 Å². The maximum atomic E-state index is 12.7. The van der Waals surface area contributed by atoms with E-state index < -0.39 is 6.04 Å². The van der Waals surface area contributed by atoms with E-state index in [2.05, 4.69) is 27.3 Å². The van der Waals surface area contributed by atoms with Crippen molar-refractivity contribution in [3.8, 4) is 0 Å². The number of benzene rings is 1. The predicted octanol–water partition coefficient (Wildman–Crippen LogP) is 1.84. The molecule has 1 aliphatic rings. The minimum absolute atomic E-state index is 0.0348. The minimum atomic E-state index is -0.408. The largest absolute Gasteiger partial charge is 0.353 e. The van der Waals surface area contributed by atoms with Gasteiger partial charge in [0.25, 0.3) is 0 Å². The number of aryl methyl sites for hydroxylation is 1. The molecule has 0 spiro atoms. The zero-order valence-corrected chi connectivity index (χ0v) is 16.7. The highest BCUT2D eigenvalue weighted by Gasteiger charge is 2.32. The number of nitrogens with zero attached hydrogens (tertiary/aromatic N) is 3. The molecule has 1 N–H and O–H groups in total. The van der Waals surface area contributed by atoms with Gasteiger partial charge in [-0.3, -0.25) is 14.5 Å². The van der Waals surface area contributed by atoms with Crippen LogP contribution in [0.15, 0.2) is 35.7 Å². The fourth-order valence-electron chi connectivity index (χ4n) is 3.30. The highest BCUT2D eigenvalue weighted by Crippen LogP contribution is 2.14. The van der Waals surface area contributed by atoms with E-state index in [1.54, 1.807) is 23.3 Å². The molecule has 1 atom stereocenters. The molecule has 2 heterocycles. The first-order chi connectivity index (χ1) is 13.0. The molecule has 3 rings (SSSR count). The fourth-order valence-corrected chi connectivity index (χ4v) is 3.91. The third kappa shape index (κ3) is 5.37. The van der Waals surface area contributed by atoms with Crippen molar-refractivity contribution in [3.05, 3.63) is 52.0 Å². The first kappa shape index (κ1) is 19.5. The lowest BCUT2D eigenvalue weighted by Crippen LogP contribution is -2.56. The maximum Gasteiger partial charge on any atom is 0.237 e. The molecule has 1 aromatic carbocycles. The van der Waals surface area contributed by atoms with Crippen molar-refractivity contribution in [2.75, 3.05) is 26.7 Å². The van der Waals surface area contributed by atoms with Gasteiger partial charge in [0.2, 0.25) is 11.8 Å². The molecule has 2 amide bonds. The molecule has 2 aromatic rings. The van der Waals surface area contributed by atoms with Crippen LogP contribution in [-0.4, -0.2) is 59.3 Å². The van der Waals surface area contributed by atoms with Crippen LogP contribution in [0.4, 0.5) is 0 Å². The first-order valence-electron chi connectivity index (χ1n) is 9.23. The quantitative estimate of drug-likeness (QED) is 0.789. The summed E-state index contributed by atoms with van der Waals surface area (Å²) >= 11 is 1.58. The zero-order chi connectivity index (χ0) is 19.2. The van der Waals surface area contributed by atoms with Gasteiger partial charge in [-0.05, 0) is 18.9 Å². The molecule has 1 fully saturated rings. The van der Waals surface area contributed by atoms with E-state index in [0.29, 0.717) is 13.1 Å². The summed E-state index contributed by atoms with van der Waals surface area (Å²) in [5.74, 6) is -0.0898. The van der Waals surface area contributed by atoms with Gasteiger partial charge in [0.1, 0.15) is 0 Å². The number of carbonyl (C=O) groups excluding carboxylic acids is 2. The number of hydrogen-bond acceptors (Lipinski definition) is 5. The Morgan fingerprint density at radius 1 is 1.37 bits per heavy atom. The normalized spacial score (nSPS) is 17.6. The molecule has 1 saturated heterocycles. The number of piperazine rings is 1. The van der Waals surface area contributed by atoms with E-state index in [4.69, 9.17) is 0 Å². The number of thiazole rings is 1. The van der Waals surface area contributed by atoms with Crippen LogP contribution in [0.1, 0.15) is 22.7 Å². The Balaban J connectivity index is 1.58. The topological polar surface area (TPSA) is 65.5 Å². The Labute approximate surface area is 164 Å². The van der Waals surface area contributed by atoms with Gasteiger partial charge in [-0.15, -0.1) is 11.3 Å². The molecule has 0 aliphatic carbocycles. The van der Waals surface area contributed by atoms with Gasteiger partial charge in [0.05, 0.1) is 29.7 Å². The SMILES string of the molecule is Cc1nc(CN(C)C(=O)CC2C(=O)NCCN2CCc2ccccc2)cs1. The second-order valence-corrected chi connectivity index (χ2v) is 7.95. The molecule has 6 nitrogen and oxygen atoms in total. The van der Waals surface area contributed by atoms with Gasteiger partial charge in [0, 0.05) is 32.1 Å². The lowest BCUT2D eigenvalue weighted by Gasteiger charge is -2.35. The smallest absolute Gasteiger partial charge is 0.237 e. The Bertz CT molecular complexity index is 777. The number of hydrogen-bond donors (Lipinski definition) is 1. The number of rotatable bonds is 7. The number of carbonyl (C=O) groups is 2. The molecule has 0 saturated carbocycles. The van der Waals surface area contributed by atoms with Crippen LogP contribution in [0.3, 0.4) is 0 Å². The Morgan fingerprint density at radius 3 is 2.85 bits per heavy atom. The van der Waals surface area contributed by atoms with E-state index in [9.17, 15) is 9.59 Å². The Kier molecular flexibility index (Phi) is 6.58. The second-order valence-electron chi connectivity index (χ2n) is 6.89. The molecule has 0 bridgehead atoms. The molecule has 144 valence electrons. The van der Waals surface area contributed by atoms with Crippen LogP contribution in [0, 0.1) is 6.92 Å². The lowest BCUT2D eigenvalue weighted by molar-refractivity contribution is -0.138. The first-order valence-corrected chi connectivity index (χ1v) is 10.1. The van der Waals surface area contributed by atoms with E-state index >= 15 is 0 Å². The van der Waals surface area contributed by atoms with Crippen LogP contribution in [-0.2, 0) is 22.6 Å². The monoisotopic (exact) mass is 386 g/mol. The molecular weight excluding hydrogens is 360 g/mol. The molecule has 27 heavy (non-hydrogen) atoms. The zero-order valence-electron chi connectivity index (χ0n) is 15.9. The molecule has 1 unspecified atom stereocenters. The van der Waals surface area contributed by atoms with Crippen molar-refractivity contribution in [1.82, 2.24) is 20.1 Å². The minimum Gasteiger partial charge on any atom is -0.353 e. The summed E-state index contributed by atoms with van der Waals surface area (Å²) in [7, 11) is 1.77. The third-order valence-corrected chi connectivity index (χ3v) is 5.65. The number of nitrogens with one attached hydrogen (secondary N) is 1. The fraction of sp³-hybridized carbons (Fsp3) is 0.450. The van der Waals surface area contributed by atoms with E-state index in [-0.39, 0.29) is 18.2 Å². The summed E-state index contributed by atoms with van der Waals surface area (Å²) in [5, 5.41) is 5.86. The Hall–Kier alpha value is -2.25. The van der Waals surface area contributed by atoms with Crippen LogP contribution in [0.2, 0.25) is 0 Å². The average Bonchev–Trinajstić information content (AvgIpc) is 3.07. The van der Waals surface area contributed by atoms with Crippen molar-refractivity contribution in [2.24, 2.45) is 0 Å². The van der Waals surface area contributed by atoms with Crippen molar-refractivity contribution in [3.63, 3.8) is 0 Å². The highest BCUT2D eigenvalue weighted by atomic mass is 32.1. The van der Waals surface area contributed by atoms with Gasteiger partial charge in [-0.1, -0.05) is 30.3 Å². The summed E-state index contributed by atoms with van der Waals surface area (Å²) in [5.41, 5.74) is 2.13. The molecule has 0 radical (unpaired) electrons. The summed E-state index contributed by atoms with van der Waals surface area (Å²) in [6.07, 6.45) is 1.06. The molecule has 1 aromatic heterocycles. The van der Waals surface area contributed by atoms with Crippen molar-refractivity contribution < 1.29 is 9.59 Å². The van der Waals surface area contributed by atoms with Crippen LogP contribution in [0.25, 0.3) is 0 Å². The van der Waals surface area contributed by atoms with Gasteiger partial charge in [-0.2, -0.15) is 0 Å². The lowest BCUT2D eigenvalue weighted by atomic mass is 10.1. The van der Waals surface area contributed by atoms with Gasteiger partial charge in [0.15, 0.2) is 0 Å². The van der Waals surface area contributed by atoms with Crippen LogP contribution >= 0.6 is 11.3 Å². The average molecular weight is 387 g/mol. The van der Waals surface area contributed by atoms with Crippen molar-refractivity contribution in [1.29, 1.82) is 0 Å².